The minimum Gasteiger partial charge on any atom is -0.506 e. The monoisotopic (exact) mass is 441 g/mol. The first kappa shape index (κ1) is 19.3. The van der Waals surface area contributed by atoms with Crippen LogP contribution in [0.25, 0.3) is 10.1 Å². The van der Waals surface area contributed by atoms with E-state index in [1.54, 1.807) is 18.2 Å². The molecule has 2 aromatic carbocycles. The molecule has 27 heavy (non-hydrogen) atoms. The van der Waals surface area contributed by atoms with Crippen molar-refractivity contribution < 1.29 is 14.8 Å². The Hall–Kier alpha value is -2.46. The van der Waals surface area contributed by atoms with E-state index >= 15 is 0 Å². The molecule has 0 saturated heterocycles. The van der Waals surface area contributed by atoms with Crippen LogP contribution in [0.2, 0.25) is 10.0 Å². The van der Waals surface area contributed by atoms with Crippen LogP contribution in [0.15, 0.2) is 36.4 Å². The highest BCUT2D eigenvalue weighted by atomic mass is 35.5. The van der Waals surface area contributed by atoms with Crippen LogP contribution in [-0.2, 0) is 0 Å². The van der Waals surface area contributed by atoms with Gasteiger partial charge in [0.1, 0.15) is 10.6 Å². The molecule has 1 heterocycles. The van der Waals surface area contributed by atoms with Gasteiger partial charge in [0, 0.05) is 27.2 Å². The van der Waals surface area contributed by atoms with Crippen LogP contribution in [0.5, 0.6) is 5.75 Å². The maximum absolute atomic E-state index is 12.5. The van der Waals surface area contributed by atoms with Gasteiger partial charge in [-0.1, -0.05) is 29.3 Å². The summed E-state index contributed by atoms with van der Waals surface area (Å²) >= 11 is 18.4. The molecule has 3 N–H and O–H groups in total. The molecule has 0 fully saturated rings. The number of nitrogens with zero attached hydrogens (tertiary/aromatic N) is 1. The van der Waals surface area contributed by atoms with Gasteiger partial charge < -0.3 is 10.4 Å². The van der Waals surface area contributed by atoms with E-state index in [2.05, 4.69) is 10.6 Å². The zero-order valence-electron chi connectivity index (χ0n) is 13.2. The Morgan fingerprint density at radius 2 is 1.96 bits per heavy atom. The number of fused-ring (bicyclic) bond motifs is 1. The molecule has 0 atom stereocenters. The molecule has 1 amide bonds. The molecule has 0 saturated carbocycles. The number of carbonyl (C=O) groups is 1. The number of thiophene rings is 1. The third-order valence-electron chi connectivity index (χ3n) is 3.46. The molecule has 0 unspecified atom stereocenters. The smallest absolute Gasteiger partial charge is 0.271 e. The molecule has 0 aliphatic rings. The minimum absolute atomic E-state index is 0.0104. The summed E-state index contributed by atoms with van der Waals surface area (Å²) in [6.45, 7) is 0. The largest absolute Gasteiger partial charge is 0.506 e. The summed E-state index contributed by atoms with van der Waals surface area (Å²) in [7, 11) is 0. The van der Waals surface area contributed by atoms with Crippen molar-refractivity contribution in [1.82, 2.24) is 5.32 Å². The third kappa shape index (κ3) is 4.11. The van der Waals surface area contributed by atoms with Crippen LogP contribution >= 0.6 is 46.8 Å². The average Bonchev–Trinajstić information content (AvgIpc) is 2.92. The molecule has 3 aromatic rings. The Kier molecular flexibility index (Phi) is 5.47. The first-order chi connectivity index (χ1) is 12.8. The first-order valence-electron chi connectivity index (χ1n) is 7.23. The summed E-state index contributed by atoms with van der Waals surface area (Å²) in [5, 5.41) is 26.9. The summed E-state index contributed by atoms with van der Waals surface area (Å²) in [6, 6.07) is 8.47. The summed E-state index contributed by atoms with van der Waals surface area (Å²) in [5.74, 6) is -0.813. The Morgan fingerprint density at radius 3 is 2.67 bits per heavy atom. The van der Waals surface area contributed by atoms with Crippen LogP contribution in [0.4, 0.5) is 11.4 Å². The highest BCUT2D eigenvalue weighted by Gasteiger charge is 2.19. The number of hydrogen-bond acceptors (Lipinski definition) is 6. The summed E-state index contributed by atoms with van der Waals surface area (Å²) < 4.78 is 0.743. The molecular formula is C16H9Cl2N3O4S2. The van der Waals surface area contributed by atoms with Crippen LogP contribution < -0.4 is 10.6 Å². The number of aromatic hydroxyl groups is 1. The number of carbonyl (C=O) groups excluding carboxylic acids is 1. The molecule has 7 nitrogen and oxygen atoms in total. The van der Waals surface area contributed by atoms with E-state index in [0.717, 1.165) is 34.2 Å². The standard InChI is InChI=1S/C16H9Cl2N3O4S2/c17-7-1-3-9-12(5-7)27-14(13(9)18)15(23)20-16(26)19-10-6-8(21(24)25)2-4-11(10)22/h1-6,22H,(H2,19,20,23,26). The van der Waals surface area contributed by atoms with Crippen molar-refractivity contribution in [2.75, 3.05) is 5.32 Å². The van der Waals surface area contributed by atoms with Gasteiger partial charge in [0.25, 0.3) is 11.6 Å². The lowest BCUT2D eigenvalue weighted by Gasteiger charge is -2.10. The molecule has 11 heteroatoms. The topological polar surface area (TPSA) is 104 Å². The number of non-ortho nitro benzene ring substituents is 1. The number of nitro benzene ring substituents is 1. The predicted molar refractivity (Wildman–Crippen MR) is 110 cm³/mol. The quantitative estimate of drug-likeness (QED) is 0.230. The van der Waals surface area contributed by atoms with E-state index in [-0.39, 0.29) is 32.1 Å². The van der Waals surface area contributed by atoms with E-state index in [9.17, 15) is 20.0 Å². The fourth-order valence-electron chi connectivity index (χ4n) is 2.24. The van der Waals surface area contributed by atoms with Gasteiger partial charge in [-0.05, 0) is 30.4 Å². The van der Waals surface area contributed by atoms with Crippen LogP contribution in [0, 0.1) is 10.1 Å². The molecule has 0 spiro atoms. The molecule has 1 aromatic heterocycles. The maximum atomic E-state index is 12.5. The molecular weight excluding hydrogens is 433 g/mol. The van der Waals surface area contributed by atoms with Crippen molar-refractivity contribution >= 4 is 79.2 Å². The summed E-state index contributed by atoms with van der Waals surface area (Å²) in [6.07, 6.45) is 0. The fourth-order valence-corrected chi connectivity index (χ4v) is 4.13. The number of benzene rings is 2. The number of hydrogen-bond donors (Lipinski definition) is 3. The molecule has 0 aliphatic carbocycles. The molecule has 3 rings (SSSR count). The van der Waals surface area contributed by atoms with E-state index < -0.39 is 10.8 Å². The molecule has 0 bridgehead atoms. The number of nitrogens with one attached hydrogen (secondary N) is 2. The number of amides is 1. The summed E-state index contributed by atoms with van der Waals surface area (Å²) in [4.78, 5) is 22.9. The van der Waals surface area contributed by atoms with Gasteiger partial charge in [-0.25, -0.2) is 0 Å². The number of rotatable bonds is 3. The van der Waals surface area contributed by atoms with Crippen molar-refractivity contribution in [3.63, 3.8) is 0 Å². The van der Waals surface area contributed by atoms with Gasteiger partial charge in [0.15, 0.2) is 5.11 Å². The van der Waals surface area contributed by atoms with Gasteiger partial charge >= 0.3 is 0 Å². The van der Waals surface area contributed by atoms with Crippen molar-refractivity contribution in [1.29, 1.82) is 0 Å². The Labute approximate surface area is 171 Å². The van der Waals surface area contributed by atoms with Crippen LogP contribution in [0.3, 0.4) is 0 Å². The Bertz CT molecular complexity index is 1100. The fraction of sp³-hybridized carbons (Fsp3) is 0. The Balaban J connectivity index is 1.79. The number of halogens is 2. The van der Waals surface area contributed by atoms with E-state index in [0.29, 0.717) is 10.4 Å². The number of phenols is 1. The summed E-state index contributed by atoms with van der Waals surface area (Å²) in [5.41, 5.74) is -0.252. The van der Waals surface area contributed by atoms with Gasteiger partial charge in [0.05, 0.1) is 15.6 Å². The van der Waals surface area contributed by atoms with Crippen molar-refractivity contribution in [3.05, 3.63) is 61.4 Å². The third-order valence-corrected chi connectivity index (χ3v) is 5.56. The average molecular weight is 442 g/mol. The maximum Gasteiger partial charge on any atom is 0.271 e. The minimum atomic E-state index is -0.617. The highest BCUT2D eigenvalue weighted by molar-refractivity contribution is 7.80. The number of anilines is 1. The lowest BCUT2D eigenvalue weighted by Crippen LogP contribution is -2.33. The molecule has 138 valence electrons. The van der Waals surface area contributed by atoms with Crippen LogP contribution in [-0.4, -0.2) is 21.0 Å². The van der Waals surface area contributed by atoms with Crippen molar-refractivity contribution in [3.8, 4) is 5.75 Å². The zero-order chi connectivity index (χ0) is 19.7. The van der Waals surface area contributed by atoms with Gasteiger partial charge in [-0.3, -0.25) is 20.2 Å². The number of nitro groups is 1. The van der Waals surface area contributed by atoms with E-state index in [1.165, 1.54) is 0 Å². The SMILES string of the molecule is O=C(NC(=S)Nc1cc([N+](=O)[O-])ccc1O)c1sc2cc(Cl)ccc2c1Cl. The highest BCUT2D eigenvalue weighted by Crippen LogP contribution is 2.36. The predicted octanol–water partition coefficient (Wildman–Crippen LogP) is 4.95. The second-order valence-electron chi connectivity index (χ2n) is 5.25. The van der Waals surface area contributed by atoms with Gasteiger partial charge in [-0.15, -0.1) is 11.3 Å². The van der Waals surface area contributed by atoms with E-state index in [1.807, 2.05) is 0 Å². The van der Waals surface area contributed by atoms with Gasteiger partial charge in [0.2, 0.25) is 0 Å². The number of thiocarbonyl (C=S) groups is 1. The first-order valence-corrected chi connectivity index (χ1v) is 9.21. The van der Waals surface area contributed by atoms with Gasteiger partial charge in [-0.2, -0.15) is 0 Å². The van der Waals surface area contributed by atoms with Crippen molar-refractivity contribution in [2.45, 2.75) is 0 Å². The van der Waals surface area contributed by atoms with Crippen molar-refractivity contribution in [2.24, 2.45) is 0 Å². The lowest BCUT2D eigenvalue weighted by molar-refractivity contribution is -0.384. The Morgan fingerprint density at radius 1 is 1.22 bits per heavy atom. The molecule has 0 radical (unpaired) electrons. The van der Waals surface area contributed by atoms with E-state index in [4.69, 9.17) is 35.4 Å². The zero-order valence-corrected chi connectivity index (χ0v) is 16.3. The number of phenolic OH excluding ortho intramolecular Hbond substituents is 1. The second kappa shape index (κ2) is 7.65. The lowest BCUT2D eigenvalue weighted by atomic mass is 10.2. The normalized spacial score (nSPS) is 10.6. The molecule has 0 aliphatic heterocycles. The van der Waals surface area contributed by atoms with Crippen LogP contribution in [0.1, 0.15) is 9.67 Å². The second-order valence-corrected chi connectivity index (χ2v) is 7.53.